The van der Waals surface area contributed by atoms with Crippen LogP contribution in [0.15, 0.2) is 24.3 Å². The highest BCUT2D eigenvalue weighted by atomic mass is 19.4. The Labute approximate surface area is 115 Å². The zero-order chi connectivity index (χ0) is 15.2. The van der Waals surface area contributed by atoms with Gasteiger partial charge in [0.1, 0.15) is 5.75 Å². The van der Waals surface area contributed by atoms with Crippen LogP contribution in [-0.4, -0.2) is 23.9 Å². The summed E-state index contributed by atoms with van der Waals surface area (Å²) in [5.74, 6) is -1.20. The van der Waals surface area contributed by atoms with Gasteiger partial charge in [-0.1, -0.05) is 12.1 Å². The summed E-state index contributed by atoms with van der Waals surface area (Å²) in [5, 5.41) is 9.39. The lowest BCUT2D eigenvalue weighted by molar-refractivity contribution is -0.146. The summed E-state index contributed by atoms with van der Waals surface area (Å²) in [6.45, 7) is 1.82. The molecule has 1 aromatic rings. The first-order valence-electron chi connectivity index (χ1n) is 6.33. The first kappa shape index (κ1) is 16.3. The van der Waals surface area contributed by atoms with Crippen LogP contribution in [0.4, 0.5) is 13.2 Å². The number of esters is 1. The van der Waals surface area contributed by atoms with Gasteiger partial charge in [0.05, 0.1) is 13.0 Å². The maximum absolute atomic E-state index is 12.3. The predicted molar refractivity (Wildman–Crippen MR) is 67.4 cm³/mol. The molecule has 0 bridgehead atoms. The van der Waals surface area contributed by atoms with E-state index in [4.69, 9.17) is 4.74 Å². The molecule has 0 saturated carbocycles. The summed E-state index contributed by atoms with van der Waals surface area (Å²) in [6, 6.07) is 5.94. The fraction of sp³-hybridized carbons (Fsp3) is 0.500. The number of alkyl halides is 3. The van der Waals surface area contributed by atoms with Crippen LogP contribution >= 0.6 is 0 Å². The molecule has 1 rings (SSSR count). The third kappa shape index (κ3) is 5.95. The van der Waals surface area contributed by atoms with E-state index in [9.17, 15) is 23.1 Å². The molecule has 1 aromatic carbocycles. The number of rotatable bonds is 6. The molecule has 1 atom stereocenters. The van der Waals surface area contributed by atoms with Crippen LogP contribution in [0.25, 0.3) is 0 Å². The van der Waals surface area contributed by atoms with Crippen molar-refractivity contribution in [2.45, 2.75) is 38.3 Å². The second kappa shape index (κ2) is 7.17. The van der Waals surface area contributed by atoms with Crippen molar-refractivity contribution in [3.63, 3.8) is 0 Å². The van der Waals surface area contributed by atoms with Crippen LogP contribution in [0.5, 0.6) is 5.75 Å². The summed E-state index contributed by atoms with van der Waals surface area (Å²) in [5.41, 5.74) is 0.502. The maximum atomic E-state index is 12.3. The highest BCUT2D eigenvalue weighted by Gasteiger charge is 2.29. The van der Waals surface area contributed by atoms with E-state index in [0.29, 0.717) is 5.56 Å². The topological polar surface area (TPSA) is 46.5 Å². The first-order valence-corrected chi connectivity index (χ1v) is 6.33. The third-order valence-electron chi connectivity index (χ3n) is 2.84. The molecule has 0 spiro atoms. The summed E-state index contributed by atoms with van der Waals surface area (Å²) < 4.78 is 41.8. The predicted octanol–water partition coefficient (Wildman–Crippen LogP) is 3.77. The lowest BCUT2D eigenvalue weighted by Gasteiger charge is -2.17. The Morgan fingerprint density at radius 2 is 2.10 bits per heavy atom. The second-order valence-corrected chi connectivity index (χ2v) is 4.45. The Hall–Kier alpha value is -1.72. The van der Waals surface area contributed by atoms with Crippen molar-refractivity contribution >= 4 is 5.97 Å². The van der Waals surface area contributed by atoms with Gasteiger partial charge >= 0.3 is 12.1 Å². The quantitative estimate of drug-likeness (QED) is 0.811. The van der Waals surface area contributed by atoms with Crippen LogP contribution in [0.2, 0.25) is 0 Å². The lowest BCUT2D eigenvalue weighted by atomic mass is 9.91. The molecule has 0 fully saturated rings. The minimum Gasteiger partial charge on any atom is -0.508 e. The van der Waals surface area contributed by atoms with Gasteiger partial charge in [-0.2, -0.15) is 13.2 Å². The number of phenols is 1. The Balaban J connectivity index is 2.80. The van der Waals surface area contributed by atoms with E-state index < -0.39 is 24.5 Å². The van der Waals surface area contributed by atoms with Gasteiger partial charge in [-0.3, -0.25) is 4.79 Å². The molecular weight excluding hydrogens is 273 g/mol. The number of benzene rings is 1. The average Bonchev–Trinajstić information content (AvgIpc) is 2.33. The van der Waals surface area contributed by atoms with Gasteiger partial charge in [0.25, 0.3) is 0 Å². The number of hydrogen-bond donors (Lipinski definition) is 1. The largest absolute Gasteiger partial charge is 0.508 e. The van der Waals surface area contributed by atoms with Gasteiger partial charge in [-0.05, 0) is 37.0 Å². The molecule has 112 valence electrons. The number of aromatic hydroxyl groups is 1. The van der Waals surface area contributed by atoms with E-state index >= 15 is 0 Å². The molecule has 0 saturated heterocycles. The van der Waals surface area contributed by atoms with E-state index in [1.165, 1.54) is 18.2 Å². The summed E-state index contributed by atoms with van der Waals surface area (Å²) in [7, 11) is 0. The monoisotopic (exact) mass is 290 g/mol. The van der Waals surface area contributed by atoms with Crippen LogP contribution in [0.1, 0.15) is 37.7 Å². The Morgan fingerprint density at radius 3 is 2.65 bits per heavy atom. The Morgan fingerprint density at radius 1 is 1.40 bits per heavy atom. The van der Waals surface area contributed by atoms with Crippen LogP contribution in [0.3, 0.4) is 0 Å². The lowest BCUT2D eigenvalue weighted by Crippen LogP contribution is -2.14. The van der Waals surface area contributed by atoms with Crippen LogP contribution < -0.4 is 0 Å². The number of carbonyl (C=O) groups excluding carboxylic acids is 1. The van der Waals surface area contributed by atoms with Crippen LogP contribution in [-0.2, 0) is 9.53 Å². The summed E-state index contributed by atoms with van der Waals surface area (Å²) in [4.78, 5) is 11.5. The van der Waals surface area contributed by atoms with Crippen molar-refractivity contribution in [3.05, 3.63) is 29.8 Å². The van der Waals surface area contributed by atoms with Gasteiger partial charge in [-0.15, -0.1) is 0 Å². The number of phenolic OH excluding ortho intramolecular Hbond substituents is 1. The molecule has 0 aliphatic carbocycles. The van der Waals surface area contributed by atoms with Gasteiger partial charge in [-0.25, -0.2) is 0 Å². The molecule has 6 heteroatoms. The molecule has 0 unspecified atom stereocenters. The standard InChI is InChI=1S/C14H17F3O3/c1-2-20-13(19)9-11(6-7-14(15,16)17)10-4-3-5-12(18)8-10/h3-5,8,11,18H,2,6-7,9H2,1H3/t11-/m1/s1. The second-order valence-electron chi connectivity index (χ2n) is 4.45. The van der Waals surface area contributed by atoms with E-state index in [1.807, 2.05) is 0 Å². The van der Waals surface area contributed by atoms with Gasteiger partial charge in [0, 0.05) is 6.42 Å². The van der Waals surface area contributed by atoms with E-state index in [1.54, 1.807) is 13.0 Å². The molecule has 0 heterocycles. The van der Waals surface area contributed by atoms with Crippen molar-refractivity contribution < 1.29 is 27.8 Å². The maximum Gasteiger partial charge on any atom is 0.389 e. The molecular formula is C14H17F3O3. The molecule has 3 nitrogen and oxygen atoms in total. The number of halogens is 3. The van der Waals surface area contributed by atoms with Crippen molar-refractivity contribution in [1.29, 1.82) is 0 Å². The highest BCUT2D eigenvalue weighted by molar-refractivity contribution is 5.70. The fourth-order valence-electron chi connectivity index (χ4n) is 1.92. The fourth-order valence-corrected chi connectivity index (χ4v) is 1.92. The third-order valence-corrected chi connectivity index (χ3v) is 2.84. The molecule has 0 radical (unpaired) electrons. The molecule has 1 N–H and O–H groups in total. The van der Waals surface area contributed by atoms with Crippen molar-refractivity contribution in [3.8, 4) is 5.75 Å². The van der Waals surface area contributed by atoms with Crippen LogP contribution in [0, 0.1) is 0 Å². The van der Waals surface area contributed by atoms with Gasteiger partial charge in [0.2, 0.25) is 0 Å². The number of carbonyl (C=O) groups is 1. The number of hydrogen-bond acceptors (Lipinski definition) is 3. The normalized spacial score (nSPS) is 13.0. The summed E-state index contributed by atoms with van der Waals surface area (Å²) >= 11 is 0. The first-order chi connectivity index (χ1) is 9.31. The van der Waals surface area contributed by atoms with E-state index in [2.05, 4.69) is 0 Å². The number of ether oxygens (including phenoxy) is 1. The average molecular weight is 290 g/mol. The van der Waals surface area contributed by atoms with Crippen molar-refractivity contribution in [2.24, 2.45) is 0 Å². The van der Waals surface area contributed by atoms with E-state index in [-0.39, 0.29) is 25.2 Å². The molecule has 0 aromatic heterocycles. The Kier molecular flexibility index (Phi) is 5.85. The minimum atomic E-state index is -4.27. The zero-order valence-corrected chi connectivity index (χ0v) is 11.1. The molecule has 0 amide bonds. The van der Waals surface area contributed by atoms with Gasteiger partial charge < -0.3 is 9.84 Å². The van der Waals surface area contributed by atoms with Gasteiger partial charge in [0.15, 0.2) is 0 Å². The Bertz CT molecular complexity index is 444. The molecule has 0 aliphatic heterocycles. The summed E-state index contributed by atoms with van der Waals surface area (Å²) in [6.07, 6.45) is -5.60. The zero-order valence-electron chi connectivity index (χ0n) is 11.1. The highest BCUT2D eigenvalue weighted by Crippen LogP contribution is 2.32. The van der Waals surface area contributed by atoms with Crippen molar-refractivity contribution in [2.75, 3.05) is 6.61 Å². The van der Waals surface area contributed by atoms with E-state index in [0.717, 1.165) is 0 Å². The molecule has 0 aliphatic rings. The SMILES string of the molecule is CCOC(=O)C[C@@H](CCC(F)(F)F)c1cccc(O)c1. The van der Waals surface area contributed by atoms with Crippen molar-refractivity contribution in [1.82, 2.24) is 0 Å². The minimum absolute atomic E-state index is 0.0385. The smallest absolute Gasteiger partial charge is 0.389 e. The molecule has 20 heavy (non-hydrogen) atoms.